The molecule has 0 aliphatic carbocycles. The first-order chi connectivity index (χ1) is 7.66. The Balaban J connectivity index is 2.17. The predicted octanol–water partition coefficient (Wildman–Crippen LogP) is 2.43. The number of imidazole rings is 1. The molecule has 0 bridgehead atoms. The van der Waals surface area contributed by atoms with Gasteiger partial charge in [-0.3, -0.25) is 4.79 Å². The summed E-state index contributed by atoms with van der Waals surface area (Å²) >= 11 is 3.36. The number of nitrogens with zero attached hydrogens (tertiary/aromatic N) is 2. The van der Waals surface area contributed by atoms with Crippen molar-refractivity contribution in [3.05, 3.63) is 47.0 Å². The number of rotatable bonds is 2. The van der Waals surface area contributed by atoms with Gasteiger partial charge in [0.15, 0.2) is 0 Å². The summed E-state index contributed by atoms with van der Waals surface area (Å²) in [4.78, 5) is 15.7. The fourth-order valence-electron chi connectivity index (χ4n) is 1.28. The molecule has 1 N–H and O–H groups in total. The lowest BCUT2D eigenvalue weighted by molar-refractivity contribution is 0.102. The smallest absolute Gasteiger partial charge is 0.275 e. The maximum atomic E-state index is 11.8. The molecular weight excluding hydrogens is 270 g/mol. The first-order valence-corrected chi connectivity index (χ1v) is 5.50. The van der Waals surface area contributed by atoms with E-state index in [9.17, 15) is 4.79 Å². The Morgan fingerprint density at radius 3 is 2.81 bits per heavy atom. The van der Waals surface area contributed by atoms with Crippen LogP contribution >= 0.6 is 15.9 Å². The van der Waals surface area contributed by atoms with Gasteiger partial charge in [-0.15, -0.1) is 0 Å². The van der Waals surface area contributed by atoms with Crippen LogP contribution in [-0.2, 0) is 7.05 Å². The van der Waals surface area contributed by atoms with Gasteiger partial charge < -0.3 is 9.88 Å². The van der Waals surface area contributed by atoms with Crippen LogP contribution in [0.4, 0.5) is 5.69 Å². The van der Waals surface area contributed by atoms with Gasteiger partial charge in [-0.25, -0.2) is 4.98 Å². The molecule has 1 aromatic heterocycles. The summed E-state index contributed by atoms with van der Waals surface area (Å²) in [6.45, 7) is 0. The van der Waals surface area contributed by atoms with E-state index in [4.69, 9.17) is 0 Å². The Labute approximate surface area is 101 Å². The molecule has 5 heteroatoms. The number of para-hydroxylation sites is 1. The zero-order chi connectivity index (χ0) is 11.5. The Morgan fingerprint density at radius 2 is 2.19 bits per heavy atom. The number of halogens is 1. The molecule has 0 saturated carbocycles. The summed E-state index contributed by atoms with van der Waals surface area (Å²) < 4.78 is 2.58. The van der Waals surface area contributed by atoms with Crippen molar-refractivity contribution in [3.8, 4) is 0 Å². The van der Waals surface area contributed by atoms with Crippen molar-refractivity contribution in [2.24, 2.45) is 7.05 Å². The highest BCUT2D eigenvalue weighted by atomic mass is 79.9. The normalized spacial score (nSPS) is 10.1. The Kier molecular flexibility index (Phi) is 3.05. The fraction of sp³-hybridized carbons (Fsp3) is 0.0909. The van der Waals surface area contributed by atoms with Gasteiger partial charge in [0.2, 0.25) is 0 Å². The molecule has 0 aliphatic rings. The number of aromatic nitrogens is 2. The van der Waals surface area contributed by atoms with Crippen LogP contribution in [0.15, 0.2) is 41.3 Å². The van der Waals surface area contributed by atoms with Crippen LogP contribution in [0.1, 0.15) is 10.5 Å². The lowest BCUT2D eigenvalue weighted by atomic mass is 10.3. The molecule has 0 spiro atoms. The number of anilines is 1. The number of benzene rings is 1. The number of carbonyl (C=O) groups excluding carboxylic acids is 1. The third-order valence-electron chi connectivity index (χ3n) is 2.06. The first kappa shape index (κ1) is 10.9. The molecular formula is C11H10BrN3O. The number of nitrogens with one attached hydrogen (secondary N) is 1. The van der Waals surface area contributed by atoms with Gasteiger partial charge in [-0.2, -0.15) is 0 Å². The second-order valence-corrected chi connectivity index (χ2v) is 4.21. The lowest BCUT2D eigenvalue weighted by Gasteiger charge is -2.04. The minimum absolute atomic E-state index is 0.215. The van der Waals surface area contributed by atoms with E-state index in [1.54, 1.807) is 17.1 Å². The molecule has 0 fully saturated rings. The molecule has 1 amide bonds. The average molecular weight is 280 g/mol. The molecule has 2 rings (SSSR count). The van der Waals surface area contributed by atoms with Gasteiger partial charge in [-0.05, 0) is 28.1 Å². The van der Waals surface area contributed by atoms with Crippen LogP contribution in [0, 0.1) is 0 Å². The van der Waals surface area contributed by atoms with Gasteiger partial charge in [0.25, 0.3) is 5.91 Å². The summed E-state index contributed by atoms with van der Waals surface area (Å²) in [6, 6.07) is 7.44. The Morgan fingerprint density at radius 1 is 1.44 bits per heavy atom. The Hall–Kier alpha value is -1.62. The molecule has 16 heavy (non-hydrogen) atoms. The first-order valence-electron chi connectivity index (χ1n) is 4.70. The highest BCUT2D eigenvalue weighted by molar-refractivity contribution is 9.10. The van der Waals surface area contributed by atoms with Crippen molar-refractivity contribution in [2.75, 3.05) is 5.32 Å². The van der Waals surface area contributed by atoms with Gasteiger partial charge >= 0.3 is 0 Å². The van der Waals surface area contributed by atoms with E-state index in [2.05, 4.69) is 26.2 Å². The minimum Gasteiger partial charge on any atom is -0.340 e. The van der Waals surface area contributed by atoms with Gasteiger partial charge in [0, 0.05) is 17.7 Å². The topological polar surface area (TPSA) is 46.9 Å². The second kappa shape index (κ2) is 4.49. The standard InChI is InChI=1S/C11H10BrN3O/c1-15-6-10(13-7-15)11(16)14-9-5-3-2-4-8(9)12/h2-7H,1H3,(H,14,16). The van der Waals surface area contributed by atoms with E-state index in [-0.39, 0.29) is 5.91 Å². The van der Waals surface area contributed by atoms with E-state index in [0.717, 1.165) is 10.2 Å². The number of aryl methyl sites for hydroxylation is 1. The van der Waals surface area contributed by atoms with E-state index < -0.39 is 0 Å². The summed E-state index contributed by atoms with van der Waals surface area (Å²) in [5.74, 6) is -0.215. The van der Waals surface area contributed by atoms with Crippen molar-refractivity contribution >= 4 is 27.5 Å². The van der Waals surface area contributed by atoms with Crippen molar-refractivity contribution in [1.82, 2.24) is 9.55 Å². The summed E-state index contributed by atoms with van der Waals surface area (Å²) in [6.07, 6.45) is 3.27. The maximum absolute atomic E-state index is 11.8. The van der Waals surface area contributed by atoms with Crippen molar-refractivity contribution in [3.63, 3.8) is 0 Å². The number of amides is 1. The van der Waals surface area contributed by atoms with Gasteiger partial charge in [0.05, 0.1) is 12.0 Å². The van der Waals surface area contributed by atoms with E-state index in [0.29, 0.717) is 5.69 Å². The third-order valence-corrected chi connectivity index (χ3v) is 2.75. The van der Waals surface area contributed by atoms with Crippen LogP contribution < -0.4 is 5.32 Å². The molecule has 82 valence electrons. The molecule has 1 heterocycles. The number of carbonyl (C=O) groups is 1. The van der Waals surface area contributed by atoms with Gasteiger partial charge in [-0.1, -0.05) is 12.1 Å². The largest absolute Gasteiger partial charge is 0.340 e. The molecule has 0 unspecified atom stereocenters. The van der Waals surface area contributed by atoms with E-state index in [1.807, 2.05) is 31.3 Å². The Bertz CT molecular complexity index is 521. The molecule has 0 radical (unpaired) electrons. The van der Waals surface area contributed by atoms with Crippen molar-refractivity contribution < 1.29 is 4.79 Å². The number of hydrogen-bond donors (Lipinski definition) is 1. The second-order valence-electron chi connectivity index (χ2n) is 3.36. The zero-order valence-corrected chi connectivity index (χ0v) is 10.2. The van der Waals surface area contributed by atoms with Crippen LogP contribution in [-0.4, -0.2) is 15.5 Å². The number of hydrogen-bond acceptors (Lipinski definition) is 2. The quantitative estimate of drug-likeness (QED) is 0.918. The molecule has 1 aromatic carbocycles. The third kappa shape index (κ3) is 2.30. The highest BCUT2D eigenvalue weighted by Gasteiger charge is 2.09. The van der Waals surface area contributed by atoms with Crippen LogP contribution in [0.25, 0.3) is 0 Å². The molecule has 0 saturated heterocycles. The molecule has 0 atom stereocenters. The van der Waals surface area contributed by atoms with Crippen LogP contribution in [0.5, 0.6) is 0 Å². The molecule has 2 aromatic rings. The molecule has 0 aliphatic heterocycles. The summed E-state index contributed by atoms with van der Waals surface area (Å²) in [5.41, 5.74) is 1.14. The van der Waals surface area contributed by atoms with Crippen molar-refractivity contribution in [1.29, 1.82) is 0 Å². The van der Waals surface area contributed by atoms with Crippen LogP contribution in [0.3, 0.4) is 0 Å². The van der Waals surface area contributed by atoms with Crippen molar-refractivity contribution in [2.45, 2.75) is 0 Å². The average Bonchev–Trinajstić information content (AvgIpc) is 2.68. The predicted molar refractivity (Wildman–Crippen MR) is 65.3 cm³/mol. The summed E-state index contributed by atoms with van der Waals surface area (Å²) in [7, 11) is 1.82. The monoisotopic (exact) mass is 279 g/mol. The SMILES string of the molecule is Cn1cnc(C(=O)Nc2ccccc2Br)c1. The van der Waals surface area contributed by atoms with E-state index in [1.165, 1.54) is 0 Å². The molecule has 4 nitrogen and oxygen atoms in total. The fourth-order valence-corrected chi connectivity index (χ4v) is 1.66. The zero-order valence-electron chi connectivity index (χ0n) is 8.64. The maximum Gasteiger partial charge on any atom is 0.275 e. The van der Waals surface area contributed by atoms with E-state index >= 15 is 0 Å². The summed E-state index contributed by atoms with van der Waals surface area (Å²) in [5, 5.41) is 2.78. The highest BCUT2D eigenvalue weighted by Crippen LogP contribution is 2.21. The van der Waals surface area contributed by atoms with Gasteiger partial charge in [0.1, 0.15) is 5.69 Å². The minimum atomic E-state index is -0.215. The van der Waals surface area contributed by atoms with Crippen LogP contribution in [0.2, 0.25) is 0 Å². The lowest BCUT2D eigenvalue weighted by Crippen LogP contribution is -2.12.